The van der Waals surface area contributed by atoms with Crippen molar-refractivity contribution in [2.75, 3.05) is 37.7 Å². The molecule has 0 radical (unpaired) electrons. The SMILES string of the molecule is CCOc1c(C2CCN(CC)CC2)ccc(N)c1N. The highest BCUT2D eigenvalue weighted by Gasteiger charge is 2.24. The molecule has 0 aromatic heterocycles. The molecule has 106 valence electrons. The van der Waals surface area contributed by atoms with Crippen molar-refractivity contribution in [1.82, 2.24) is 4.90 Å². The number of nitrogens with two attached hydrogens (primary N) is 2. The molecule has 2 rings (SSSR count). The summed E-state index contributed by atoms with van der Waals surface area (Å²) in [6.07, 6.45) is 2.33. The van der Waals surface area contributed by atoms with Crippen LogP contribution in [0, 0.1) is 0 Å². The fourth-order valence-corrected chi connectivity index (χ4v) is 2.82. The van der Waals surface area contributed by atoms with Gasteiger partial charge in [0.1, 0.15) is 5.75 Å². The lowest BCUT2D eigenvalue weighted by atomic mass is 9.88. The molecule has 0 saturated carbocycles. The van der Waals surface area contributed by atoms with Crippen molar-refractivity contribution in [2.24, 2.45) is 0 Å². The molecule has 1 fully saturated rings. The van der Waals surface area contributed by atoms with Gasteiger partial charge in [0, 0.05) is 0 Å². The summed E-state index contributed by atoms with van der Waals surface area (Å²) in [5.74, 6) is 1.34. The van der Waals surface area contributed by atoms with E-state index in [1.807, 2.05) is 13.0 Å². The number of ether oxygens (including phenoxy) is 1. The normalized spacial score (nSPS) is 17.6. The van der Waals surface area contributed by atoms with Gasteiger partial charge in [-0.1, -0.05) is 13.0 Å². The summed E-state index contributed by atoms with van der Waals surface area (Å²) in [5.41, 5.74) is 14.4. The summed E-state index contributed by atoms with van der Waals surface area (Å²) in [5, 5.41) is 0. The zero-order valence-corrected chi connectivity index (χ0v) is 12.0. The molecule has 0 aliphatic carbocycles. The number of anilines is 2. The standard InChI is InChI=1S/C15H25N3O/c1-3-18-9-7-11(8-10-18)12-5-6-13(16)14(17)15(12)19-4-2/h5-6,11H,3-4,7-10,16-17H2,1-2H3. The number of rotatable bonds is 4. The van der Waals surface area contributed by atoms with Gasteiger partial charge >= 0.3 is 0 Å². The zero-order valence-electron chi connectivity index (χ0n) is 12.0. The third kappa shape index (κ3) is 2.95. The molecule has 0 amide bonds. The second-order valence-corrected chi connectivity index (χ2v) is 5.13. The molecule has 0 spiro atoms. The lowest BCUT2D eigenvalue weighted by Crippen LogP contribution is -2.32. The molecule has 0 unspecified atom stereocenters. The Labute approximate surface area is 115 Å². The first-order chi connectivity index (χ1) is 9.17. The van der Waals surface area contributed by atoms with Gasteiger partial charge in [0.2, 0.25) is 0 Å². The van der Waals surface area contributed by atoms with E-state index in [9.17, 15) is 0 Å². The van der Waals surface area contributed by atoms with E-state index in [2.05, 4.69) is 17.9 Å². The molecule has 19 heavy (non-hydrogen) atoms. The van der Waals surface area contributed by atoms with Crippen LogP contribution in [0.3, 0.4) is 0 Å². The van der Waals surface area contributed by atoms with Gasteiger partial charge in [-0.15, -0.1) is 0 Å². The second-order valence-electron chi connectivity index (χ2n) is 5.13. The maximum Gasteiger partial charge on any atom is 0.147 e. The van der Waals surface area contributed by atoms with E-state index in [4.69, 9.17) is 16.2 Å². The van der Waals surface area contributed by atoms with Crippen molar-refractivity contribution in [3.8, 4) is 5.75 Å². The van der Waals surface area contributed by atoms with Crippen LogP contribution in [0.15, 0.2) is 12.1 Å². The molecule has 4 heteroatoms. The summed E-state index contributed by atoms with van der Waals surface area (Å²) < 4.78 is 5.74. The quantitative estimate of drug-likeness (QED) is 0.819. The van der Waals surface area contributed by atoms with Crippen LogP contribution >= 0.6 is 0 Å². The average molecular weight is 263 g/mol. The molecule has 1 saturated heterocycles. The summed E-state index contributed by atoms with van der Waals surface area (Å²) in [6.45, 7) is 8.25. The minimum absolute atomic E-state index is 0.534. The Bertz CT molecular complexity index is 426. The summed E-state index contributed by atoms with van der Waals surface area (Å²) >= 11 is 0. The zero-order chi connectivity index (χ0) is 13.8. The number of likely N-dealkylation sites (tertiary alicyclic amines) is 1. The van der Waals surface area contributed by atoms with E-state index in [0.29, 0.717) is 23.9 Å². The summed E-state index contributed by atoms with van der Waals surface area (Å²) in [4.78, 5) is 2.48. The Kier molecular flexibility index (Phi) is 4.53. The van der Waals surface area contributed by atoms with Gasteiger partial charge in [-0.25, -0.2) is 0 Å². The van der Waals surface area contributed by atoms with Crippen LogP contribution in [0.4, 0.5) is 11.4 Å². The van der Waals surface area contributed by atoms with Crippen molar-refractivity contribution in [1.29, 1.82) is 0 Å². The maximum atomic E-state index is 6.07. The van der Waals surface area contributed by atoms with Gasteiger partial charge in [-0.2, -0.15) is 0 Å². The number of benzene rings is 1. The predicted octanol–water partition coefficient (Wildman–Crippen LogP) is 2.45. The van der Waals surface area contributed by atoms with Gasteiger partial charge in [0.05, 0.1) is 18.0 Å². The van der Waals surface area contributed by atoms with Crippen LogP contribution in [-0.4, -0.2) is 31.1 Å². The van der Waals surface area contributed by atoms with Gasteiger partial charge < -0.3 is 21.1 Å². The first-order valence-corrected chi connectivity index (χ1v) is 7.20. The van der Waals surface area contributed by atoms with E-state index >= 15 is 0 Å². The molecule has 0 bridgehead atoms. The molecule has 4 nitrogen and oxygen atoms in total. The van der Waals surface area contributed by atoms with E-state index in [1.165, 1.54) is 5.56 Å². The van der Waals surface area contributed by atoms with E-state index in [1.54, 1.807) is 0 Å². The lowest BCUT2D eigenvalue weighted by Gasteiger charge is -2.32. The first-order valence-electron chi connectivity index (χ1n) is 7.20. The third-order valence-corrected chi connectivity index (χ3v) is 4.02. The second kappa shape index (κ2) is 6.15. The van der Waals surface area contributed by atoms with Crippen LogP contribution in [0.2, 0.25) is 0 Å². The highest BCUT2D eigenvalue weighted by molar-refractivity contribution is 5.73. The minimum Gasteiger partial charge on any atom is -0.491 e. The topological polar surface area (TPSA) is 64.5 Å². The van der Waals surface area contributed by atoms with Crippen molar-refractivity contribution in [3.05, 3.63) is 17.7 Å². The monoisotopic (exact) mass is 263 g/mol. The molecular weight excluding hydrogens is 238 g/mol. The van der Waals surface area contributed by atoms with Crippen molar-refractivity contribution < 1.29 is 4.74 Å². The van der Waals surface area contributed by atoms with E-state index in [0.717, 1.165) is 38.2 Å². The number of piperidine rings is 1. The van der Waals surface area contributed by atoms with E-state index < -0.39 is 0 Å². The van der Waals surface area contributed by atoms with E-state index in [-0.39, 0.29) is 0 Å². The summed E-state index contributed by atoms with van der Waals surface area (Å²) in [6, 6.07) is 3.99. The molecule has 1 aromatic rings. The fourth-order valence-electron chi connectivity index (χ4n) is 2.82. The molecule has 1 heterocycles. The van der Waals surface area contributed by atoms with Crippen LogP contribution in [-0.2, 0) is 0 Å². The van der Waals surface area contributed by atoms with Gasteiger partial charge in [0.25, 0.3) is 0 Å². The highest BCUT2D eigenvalue weighted by atomic mass is 16.5. The number of nitrogens with zero attached hydrogens (tertiary/aromatic N) is 1. The molecule has 4 N–H and O–H groups in total. The largest absolute Gasteiger partial charge is 0.491 e. The Morgan fingerprint density at radius 3 is 2.47 bits per heavy atom. The average Bonchev–Trinajstić information content (AvgIpc) is 2.44. The van der Waals surface area contributed by atoms with Crippen LogP contribution in [0.25, 0.3) is 0 Å². The Morgan fingerprint density at radius 1 is 1.21 bits per heavy atom. The maximum absolute atomic E-state index is 6.07. The highest BCUT2D eigenvalue weighted by Crippen LogP contribution is 2.40. The number of nitrogen functional groups attached to an aromatic ring is 2. The molecule has 1 aliphatic rings. The fraction of sp³-hybridized carbons (Fsp3) is 0.600. The van der Waals surface area contributed by atoms with Gasteiger partial charge in [-0.3, -0.25) is 0 Å². The Balaban J connectivity index is 2.22. The number of hydrogen-bond acceptors (Lipinski definition) is 4. The molecule has 0 atom stereocenters. The predicted molar refractivity (Wildman–Crippen MR) is 80.5 cm³/mol. The minimum atomic E-state index is 0.534. The lowest BCUT2D eigenvalue weighted by molar-refractivity contribution is 0.219. The van der Waals surface area contributed by atoms with Crippen molar-refractivity contribution in [2.45, 2.75) is 32.6 Å². The van der Waals surface area contributed by atoms with Crippen LogP contribution < -0.4 is 16.2 Å². The Hall–Kier alpha value is -1.42. The van der Waals surface area contributed by atoms with Crippen LogP contribution in [0.1, 0.15) is 38.2 Å². The Morgan fingerprint density at radius 2 is 1.89 bits per heavy atom. The van der Waals surface area contributed by atoms with Crippen molar-refractivity contribution in [3.63, 3.8) is 0 Å². The number of hydrogen-bond donors (Lipinski definition) is 2. The summed E-state index contributed by atoms with van der Waals surface area (Å²) in [7, 11) is 0. The molecule has 1 aromatic carbocycles. The van der Waals surface area contributed by atoms with Crippen molar-refractivity contribution >= 4 is 11.4 Å². The first kappa shape index (κ1) is 14.0. The smallest absolute Gasteiger partial charge is 0.147 e. The third-order valence-electron chi connectivity index (χ3n) is 4.02. The van der Waals surface area contributed by atoms with Gasteiger partial charge in [-0.05, 0) is 56.9 Å². The molecule has 1 aliphatic heterocycles. The molecular formula is C15H25N3O. The van der Waals surface area contributed by atoms with Crippen LogP contribution in [0.5, 0.6) is 5.75 Å². The van der Waals surface area contributed by atoms with Gasteiger partial charge in [0.15, 0.2) is 0 Å².